The lowest BCUT2D eigenvalue weighted by Crippen LogP contribution is -2.37. The van der Waals surface area contributed by atoms with Crippen LogP contribution in [0.1, 0.15) is 25.7 Å². The van der Waals surface area contributed by atoms with Gasteiger partial charge in [0.15, 0.2) is 0 Å². The van der Waals surface area contributed by atoms with E-state index in [1.807, 2.05) is 24.3 Å². The van der Waals surface area contributed by atoms with Crippen molar-refractivity contribution in [2.75, 3.05) is 13.2 Å². The van der Waals surface area contributed by atoms with Crippen molar-refractivity contribution >= 4 is 21.9 Å². The summed E-state index contributed by atoms with van der Waals surface area (Å²) < 4.78 is 6.66. The summed E-state index contributed by atoms with van der Waals surface area (Å²) in [6.07, 6.45) is 3.43. The number of carboxylic acid groups (broad SMARTS) is 1. The minimum absolute atomic E-state index is 0.147. The molecule has 1 aromatic rings. The van der Waals surface area contributed by atoms with Gasteiger partial charge in [0.25, 0.3) is 0 Å². The largest absolute Gasteiger partial charge is 0.492 e. The number of nitrogens with one attached hydrogen (secondary N) is 1. The van der Waals surface area contributed by atoms with E-state index >= 15 is 0 Å². The summed E-state index contributed by atoms with van der Waals surface area (Å²) in [6, 6.07) is 8.21. The topological polar surface area (TPSA) is 58.6 Å². The lowest BCUT2D eigenvalue weighted by Gasteiger charge is -2.26. The molecule has 1 aromatic carbocycles. The summed E-state index contributed by atoms with van der Waals surface area (Å²) in [6.45, 7) is 1.41. The molecule has 4 nitrogen and oxygen atoms in total. The van der Waals surface area contributed by atoms with Crippen molar-refractivity contribution in [3.8, 4) is 5.75 Å². The average molecular weight is 342 g/mol. The van der Waals surface area contributed by atoms with Gasteiger partial charge in [0.1, 0.15) is 12.4 Å². The van der Waals surface area contributed by atoms with Gasteiger partial charge in [-0.15, -0.1) is 0 Å². The Morgan fingerprint density at radius 3 is 2.75 bits per heavy atom. The molecule has 0 unspecified atom stereocenters. The molecule has 1 aliphatic rings. The summed E-state index contributed by atoms with van der Waals surface area (Å²) >= 11 is 3.41. The third-order valence-corrected chi connectivity index (χ3v) is 4.17. The maximum Gasteiger partial charge on any atom is 0.306 e. The van der Waals surface area contributed by atoms with Crippen LogP contribution in [0, 0.1) is 5.92 Å². The molecular formula is C15H20BrNO3. The highest BCUT2D eigenvalue weighted by Crippen LogP contribution is 2.24. The minimum atomic E-state index is -0.651. The van der Waals surface area contributed by atoms with Gasteiger partial charge in [-0.05, 0) is 43.9 Å². The van der Waals surface area contributed by atoms with E-state index < -0.39 is 5.97 Å². The Balaban J connectivity index is 1.61. The van der Waals surface area contributed by atoms with Crippen LogP contribution in [0.4, 0.5) is 0 Å². The summed E-state index contributed by atoms with van der Waals surface area (Å²) in [7, 11) is 0. The number of aliphatic carboxylic acids is 1. The average Bonchev–Trinajstić information content (AvgIpc) is 2.44. The van der Waals surface area contributed by atoms with Gasteiger partial charge in [-0.1, -0.05) is 22.0 Å². The Bertz CT molecular complexity index is 444. The second-order valence-corrected chi connectivity index (χ2v) is 6.06. The lowest BCUT2D eigenvalue weighted by molar-refractivity contribution is -0.142. The van der Waals surface area contributed by atoms with Crippen molar-refractivity contribution in [3.05, 3.63) is 28.7 Å². The second-order valence-electron chi connectivity index (χ2n) is 5.15. The van der Waals surface area contributed by atoms with E-state index in [2.05, 4.69) is 21.2 Å². The molecule has 0 saturated heterocycles. The third-order valence-electron chi connectivity index (χ3n) is 3.68. The van der Waals surface area contributed by atoms with E-state index in [1.54, 1.807) is 0 Å². The monoisotopic (exact) mass is 341 g/mol. The Hall–Kier alpha value is -1.07. The predicted molar refractivity (Wildman–Crippen MR) is 81.0 cm³/mol. The summed E-state index contributed by atoms with van der Waals surface area (Å²) in [5.74, 6) is 0.0585. The molecule has 1 saturated carbocycles. The molecule has 2 N–H and O–H groups in total. The minimum Gasteiger partial charge on any atom is -0.492 e. The molecule has 0 atom stereocenters. The first-order chi connectivity index (χ1) is 9.65. The van der Waals surface area contributed by atoms with Crippen LogP contribution in [0.5, 0.6) is 5.75 Å². The van der Waals surface area contributed by atoms with E-state index in [0.29, 0.717) is 12.6 Å². The summed E-state index contributed by atoms with van der Waals surface area (Å²) in [5.41, 5.74) is 0. The highest BCUT2D eigenvalue weighted by atomic mass is 79.9. The summed E-state index contributed by atoms with van der Waals surface area (Å²) in [5, 5.41) is 12.4. The van der Waals surface area contributed by atoms with E-state index in [1.165, 1.54) is 0 Å². The van der Waals surface area contributed by atoms with Crippen molar-refractivity contribution in [2.24, 2.45) is 5.92 Å². The quantitative estimate of drug-likeness (QED) is 0.780. The van der Waals surface area contributed by atoms with Crippen LogP contribution in [-0.2, 0) is 4.79 Å². The van der Waals surface area contributed by atoms with Crippen molar-refractivity contribution < 1.29 is 14.6 Å². The smallest absolute Gasteiger partial charge is 0.306 e. The zero-order valence-electron chi connectivity index (χ0n) is 11.3. The molecule has 1 aliphatic carbocycles. The first kappa shape index (κ1) is 15.3. The number of hydrogen-bond acceptors (Lipinski definition) is 3. The van der Waals surface area contributed by atoms with Crippen LogP contribution in [-0.4, -0.2) is 30.3 Å². The van der Waals surface area contributed by atoms with Gasteiger partial charge in [-0.2, -0.15) is 0 Å². The molecule has 0 aromatic heterocycles. The fraction of sp³-hybridized carbons (Fsp3) is 0.533. The Morgan fingerprint density at radius 2 is 2.10 bits per heavy atom. The zero-order chi connectivity index (χ0) is 14.4. The first-order valence-corrected chi connectivity index (χ1v) is 7.79. The molecule has 0 heterocycles. The lowest BCUT2D eigenvalue weighted by atomic mass is 9.86. The number of benzene rings is 1. The molecule has 0 spiro atoms. The molecule has 1 fully saturated rings. The highest BCUT2D eigenvalue weighted by Gasteiger charge is 2.25. The molecule has 0 amide bonds. The van der Waals surface area contributed by atoms with Gasteiger partial charge in [-0.25, -0.2) is 0 Å². The van der Waals surface area contributed by atoms with E-state index in [9.17, 15) is 4.79 Å². The van der Waals surface area contributed by atoms with Crippen molar-refractivity contribution in [3.63, 3.8) is 0 Å². The van der Waals surface area contributed by atoms with Crippen molar-refractivity contribution in [2.45, 2.75) is 31.7 Å². The molecule has 0 bridgehead atoms. The number of ether oxygens (including phenoxy) is 1. The molecule has 110 valence electrons. The van der Waals surface area contributed by atoms with E-state index in [0.717, 1.165) is 42.5 Å². The van der Waals surface area contributed by atoms with Gasteiger partial charge >= 0.3 is 5.97 Å². The molecular weight excluding hydrogens is 322 g/mol. The summed E-state index contributed by atoms with van der Waals surface area (Å²) in [4.78, 5) is 10.9. The normalized spacial score (nSPS) is 22.4. The van der Waals surface area contributed by atoms with Crippen molar-refractivity contribution in [1.82, 2.24) is 5.32 Å². The number of carbonyl (C=O) groups is 1. The van der Waals surface area contributed by atoms with Crippen LogP contribution < -0.4 is 10.1 Å². The van der Waals surface area contributed by atoms with Gasteiger partial charge < -0.3 is 15.2 Å². The molecule has 20 heavy (non-hydrogen) atoms. The fourth-order valence-electron chi connectivity index (χ4n) is 2.53. The molecule has 0 aliphatic heterocycles. The standard InChI is InChI=1S/C15H20BrNO3/c16-12-2-1-3-14(10-12)20-9-8-17-13-6-4-11(5-7-13)15(18)19/h1-3,10-11,13,17H,4-9H2,(H,18,19). The number of hydrogen-bond donors (Lipinski definition) is 2. The van der Waals surface area contributed by atoms with Gasteiger partial charge in [0.05, 0.1) is 5.92 Å². The highest BCUT2D eigenvalue weighted by molar-refractivity contribution is 9.10. The number of carboxylic acids is 1. The van der Waals surface area contributed by atoms with Gasteiger partial charge in [-0.3, -0.25) is 4.79 Å². The second kappa shape index (κ2) is 7.64. The van der Waals surface area contributed by atoms with Crippen LogP contribution in [0.15, 0.2) is 28.7 Å². The molecule has 0 radical (unpaired) electrons. The number of rotatable bonds is 6. The Labute approximate surface area is 127 Å². The predicted octanol–water partition coefficient (Wildman–Crippen LogP) is 3.06. The van der Waals surface area contributed by atoms with Crippen LogP contribution in [0.2, 0.25) is 0 Å². The maximum absolute atomic E-state index is 10.9. The van der Waals surface area contributed by atoms with Crippen LogP contribution in [0.25, 0.3) is 0 Å². The zero-order valence-corrected chi connectivity index (χ0v) is 12.9. The Kier molecular flexibility index (Phi) is 5.86. The fourth-order valence-corrected chi connectivity index (χ4v) is 2.91. The van der Waals surface area contributed by atoms with Crippen LogP contribution in [0.3, 0.4) is 0 Å². The molecule has 2 rings (SSSR count). The van der Waals surface area contributed by atoms with Gasteiger partial charge in [0, 0.05) is 17.1 Å². The van der Waals surface area contributed by atoms with Crippen molar-refractivity contribution in [1.29, 1.82) is 0 Å². The number of halogens is 1. The van der Waals surface area contributed by atoms with Gasteiger partial charge in [0.2, 0.25) is 0 Å². The maximum atomic E-state index is 10.9. The van der Waals surface area contributed by atoms with E-state index in [-0.39, 0.29) is 5.92 Å². The molecule has 5 heteroatoms. The van der Waals surface area contributed by atoms with Crippen LogP contribution >= 0.6 is 15.9 Å². The SMILES string of the molecule is O=C(O)C1CCC(NCCOc2cccc(Br)c2)CC1. The van der Waals surface area contributed by atoms with E-state index in [4.69, 9.17) is 9.84 Å². The Morgan fingerprint density at radius 1 is 1.35 bits per heavy atom. The third kappa shape index (κ3) is 4.80. The first-order valence-electron chi connectivity index (χ1n) is 6.99.